The minimum absolute atomic E-state index is 0.128. The molecule has 1 atom stereocenters. The Balaban J connectivity index is 1.54. The molecule has 1 unspecified atom stereocenters. The standard InChI is InChI=1S/C32H37FN4O3/c1-4-27(23-11-8-7-9-12-23)31(39)37-19-17-36(18-20-37)29-16-15-26(22-28(29)32(40)35(5-2)6-3)34-30(38)24-13-10-14-25(33)21-24/h7-16,21-22,27H,4-6,17-20H2,1-3H3,(H,34,38). The van der Waals surface area contributed by atoms with Gasteiger partial charge in [-0.1, -0.05) is 43.3 Å². The lowest BCUT2D eigenvalue weighted by Crippen LogP contribution is -2.50. The molecule has 0 aliphatic carbocycles. The van der Waals surface area contributed by atoms with Gasteiger partial charge in [0.25, 0.3) is 11.8 Å². The van der Waals surface area contributed by atoms with Gasteiger partial charge in [0, 0.05) is 56.2 Å². The Hall–Kier alpha value is -4.20. The van der Waals surface area contributed by atoms with Crippen LogP contribution in [0.2, 0.25) is 0 Å². The van der Waals surface area contributed by atoms with Gasteiger partial charge in [-0.05, 0) is 62.2 Å². The maximum atomic E-state index is 13.6. The summed E-state index contributed by atoms with van der Waals surface area (Å²) in [6.07, 6.45) is 0.731. The highest BCUT2D eigenvalue weighted by atomic mass is 19.1. The number of benzene rings is 3. The van der Waals surface area contributed by atoms with Crippen molar-refractivity contribution >= 4 is 29.1 Å². The number of carbonyl (C=O) groups excluding carboxylic acids is 3. The Kier molecular flexibility index (Phi) is 9.53. The minimum Gasteiger partial charge on any atom is -0.367 e. The Morgan fingerprint density at radius 2 is 1.57 bits per heavy atom. The van der Waals surface area contributed by atoms with Crippen LogP contribution in [0.25, 0.3) is 0 Å². The van der Waals surface area contributed by atoms with Crippen LogP contribution >= 0.6 is 0 Å². The number of nitrogens with zero attached hydrogens (tertiary/aromatic N) is 3. The first-order chi connectivity index (χ1) is 19.4. The molecule has 1 heterocycles. The highest BCUT2D eigenvalue weighted by Crippen LogP contribution is 2.29. The van der Waals surface area contributed by atoms with Gasteiger partial charge in [0.15, 0.2) is 0 Å². The van der Waals surface area contributed by atoms with Crippen LogP contribution in [0, 0.1) is 5.82 Å². The fraction of sp³-hybridized carbons (Fsp3) is 0.344. The summed E-state index contributed by atoms with van der Waals surface area (Å²) >= 11 is 0. The predicted octanol–water partition coefficient (Wildman–Crippen LogP) is 5.40. The number of hydrogen-bond acceptors (Lipinski definition) is 4. The molecule has 0 bridgehead atoms. The number of anilines is 2. The van der Waals surface area contributed by atoms with Crippen molar-refractivity contribution in [3.8, 4) is 0 Å². The van der Waals surface area contributed by atoms with Crippen molar-refractivity contribution in [1.82, 2.24) is 9.80 Å². The van der Waals surface area contributed by atoms with Gasteiger partial charge in [0.2, 0.25) is 5.91 Å². The van der Waals surface area contributed by atoms with Crippen molar-refractivity contribution < 1.29 is 18.8 Å². The third kappa shape index (κ3) is 6.50. The molecule has 0 aromatic heterocycles. The van der Waals surface area contributed by atoms with E-state index in [4.69, 9.17) is 0 Å². The molecule has 3 aromatic carbocycles. The Morgan fingerprint density at radius 1 is 0.875 bits per heavy atom. The van der Waals surface area contributed by atoms with E-state index in [-0.39, 0.29) is 23.3 Å². The number of hydrogen-bond donors (Lipinski definition) is 1. The van der Waals surface area contributed by atoms with Crippen molar-refractivity contribution in [2.24, 2.45) is 0 Å². The summed E-state index contributed by atoms with van der Waals surface area (Å²) < 4.78 is 13.6. The smallest absolute Gasteiger partial charge is 0.256 e. The molecular weight excluding hydrogens is 507 g/mol. The van der Waals surface area contributed by atoms with Gasteiger partial charge in [0.1, 0.15) is 5.82 Å². The quantitative estimate of drug-likeness (QED) is 0.391. The van der Waals surface area contributed by atoms with E-state index >= 15 is 0 Å². The van der Waals surface area contributed by atoms with Crippen molar-refractivity contribution in [1.29, 1.82) is 0 Å². The molecule has 3 aromatic rings. The van der Waals surface area contributed by atoms with Crippen LogP contribution in [0.15, 0.2) is 72.8 Å². The number of piperazine rings is 1. The second-order valence-corrected chi connectivity index (χ2v) is 9.86. The largest absolute Gasteiger partial charge is 0.367 e. The number of amides is 3. The molecule has 4 rings (SSSR count). The van der Waals surface area contributed by atoms with Gasteiger partial charge in [-0.3, -0.25) is 14.4 Å². The molecule has 3 amide bonds. The summed E-state index contributed by atoms with van der Waals surface area (Å²) in [5, 5.41) is 2.79. The predicted molar refractivity (Wildman–Crippen MR) is 156 cm³/mol. The van der Waals surface area contributed by atoms with Crippen LogP contribution < -0.4 is 10.2 Å². The van der Waals surface area contributed by atoms with Gasteiger partial charge >= 0.3 is 0 Å². The van der Waals surface area contributed by atoms with Crippen LogP contribution in [-0.4, -0.2) is 66.8 Å². The number of halogens is 1. The van der Waals surface area contributed by atoms with E-state index in [1.54, 1.807) is 17.0 Å². The van der Waals surface area contributed by atoms with Crippen LogP contribution in [0.4, 0.5) is 15.8 Å². The first kappa shape index (κ1) is 28.8. The van der Waals surface area contributed by atoms with E-state index in [2.05, 4.69) is 10.2 Å². The summed E-state index contributed by atoms with van der Waals surface area (Å²) in [7, 11) is 0. The summed E-state index contributed by atoms with van der Waals surface area (Å²) in [6.45, 7) is 9.28. The molecule has 0 saturated carbocycles. The Morgan fingerprint density at radius 3 is 2.20 bits per heavy atom. The fourth-order valence-corrected chi connectivity index (χ4v) is 5.20. The molecule has 1 aliphatic heterocycles. The van der Waals surface area contributed by atoms with E-state index in [1.165, 1.54) is 24.3 Å². The van der Waals surface area contributed by atoms with Crippen LogP contribution in [0.1, 0.15) is 59.4 Å². The average Bonchev–Trinajstić information content (AvgIpc) is 2.98. The summed E-state index contributed by atoms with van der Waals surface area (Å²) in [5.74, 6) is -1.12. The minimum atomic E-state index is -0.493. The molecule has 1 N–H and O–H groups in total. The molecule has 8 heteroatoms. The second-order valence-electron chi connectivity index (χ2n) is 9.86. The topological polar surface area (TPSA) is 73.0 Å². The number of nitrogens with one attached hydrogen (secondary N) is 1. The molecule has 210 valence electrons. The fourth-order valence-electron chi connectivity index (χ4n) is 5.20. The molecule has 40 heavy (non-hydrogen) atoms. The molecule has 1 aliphatic rings. The average molecular weight is 545 g/mol. The zero-order valence-electron chi connectivity index (χ0n) is 23.4. The Bertz CT molecular complexity index is 1330. The molecule has 7 nitrogen and oxygen atoms in total. The first-order valence-electron chi connectivity index (χ1n) is 13.9. The monoisotopic (exact) mass is 544 g/mol. The second kappa shape index (κ2) is 13.2. The van der Waals surface area contributed by atoms with Crippen molar-refractivity contribution in [3.63, 3.8) is 0 Å². The summed E-state index contributed by atoms with van der Waals surface area (Å²) in [5.41, 5.74) is 2.93. The maximum Gasteiger partial charge on any atom is 0.256 e. The van der Waals surface area contributed by atoms with Crippen LogP contribution in [-0.2, 0) is 4.79 Å². The van der Waals surface area contributed by atoms with Gasteiger partial charge in [0.05, 0.1) is 11.5 Å². The summed E-state index contributed by atoms with van der Waals surface area (Å²) in [6, 6.07) is 20.6. The van der Waals surface area contributed by atoms with Crippen LogP contribution in [0.5, 0.6) is 0 Å². The number of carbonyl (C=O) groups is 3. The van der Waals surface area contributed by atoms with E-state index in [1.807, 2.05) is 62.1 Å². The van der Waals surface area contributed by atoms with Crippen molar-refractivity contribution in [2.45, 2.75) is 33.1 Å². The summed E-state index contributed by atoms with van der Waals surface area (Å²) in [4.78, 5) is 45.5. The Labute approximate surface area is 235 Å². The van der Waals surface area contributed by atoms with Gasteiger partial charge in [-0.15, -0.1) is 0 Å². The SMILES string of the molecule is CCC(C(=O)N1CCN(c2ccc(NC(=O)c3cccc(F)c3)cc2C(=O)N(CC)CC)CC1)c1ccccc1. The lowest BCUT2D eigenvalue weighted by Gasteiger charge is -2.38. The molecule has 1 fully saturated rings. The van der Waals surface area contributed by atoms with E-state index in [0.717, 1.165) is 17.7 Å². The lowest BCUT2D eigenvalue weighted by atomic mass is 9.94. The van der Waals surface area contributed by atoms with E-state index < -0.39 is 11.7 Å². The van der Waals surface area contributed by atoms with E-state index in [9.17, 15) is 18.8 Å². The van der Waals surface area contributed by atoms with E-state index in [0.29, 0.717) is 50.5 Å². The lowest BCUT2D eigenvalue weighted by molar-refractivity contribution is -0.133. The molecular formula is C32H37FN4O3. The third-order valence-corrected chi connectivity index (χ3v) is 7.46. The van der Waals surface area contributed by atoms with Gasteiger partial charge in [-0.2, -0.15) is 0 Å². The van der Waals surface area contributed by atoms with Crippen molar-refractivity contribution in [3.05, 3.63) is 95.3 Å². The van der Waals surface area contributed by atoms with Gasteiger partial charge < -0.3 is 20.0 Å². The highest BCUT2D eigenvalue weighted by molar-refractivity contribution is 6.06. The van der Waals surface area contributed by atoms with Crippen LogP contribution in [0.3, 0.4) is 0 Å². The first-order valence-corrected chi connectivity index (χ1v) is 13.9. The zero-order chi connectivity index (χ0) is 28.6. The maximum absolute atomic E-state index is 13.6. The third-order valence-electron chi connectivity index (χ3n) is 7.46. The molecule has 1 saturated heterocycles. The zero-order valence-corrected chi connectivity index (χ0v) is 23.4. The van der Waals surface area contributed by atoms with Gasteiger partial charge in [-0.25, -0.2) is 4.39 Å². The highest BCUT2D eigenvalue weighted by Gasteiger charge is 2.29. The number of rotatable bonds is 9. The normalized spacial score (nSPS) is 14.0. The molecule has 0 radical (unpaired) electrons. The molecule has 0 spiro atoms. The van der Waals surface area contributed by atoms with Crippen molar-refractivity contribution in [2.75, 3.05) is 49.5 Å².